The molecular formula is C12H23O2. The van der Waals surface area contributed by atoms with Gasteiger partial charge in [0.25, 0.3) is 0 Å². The Balaban J connectivity index is 2.02. The van der Waals surface area contributed by atoms with Gasteiger partial charge in [-0.05, 0) is 19.3 Å². The molecule has 1 aliphatic rings. The van der Waals surface area contributed by atoms with Crippen LogP contribution in [0.4, 0.5) is 0 Å². The molecule has 0 N–H and O–H groups in total. The molecule has 0 aliphatic heterocycles. The van der Waals surface area contributed by atoms with Gasteiger partial charge in [-0.25, -0.2) is 0 Å². The van der Waals surface area contributed by atoms with Crippen LogP contribution in [0.25, 0.3) is 0 Å². The molecule has 1 fully saturated rings. The van der Waals surface area contributed by atoms with E-state index in [2.05, 4.69) is 6.92 Å². The summed E-state index contributed by atoms with van der Waals surface area (Å²) in [4.78, 5) is 0. The summed E-state index contributed by atoms with van der Waals surface area (Å²) in [6.07, 6.45) is 10.6. The van der Waals surface area contributed by atoms with Crippen LogP contribution in [-0.4, -0.2) is 12.7 Å². The maximum Gasteiger partial charge on any atom is 0.209 e. The van der Waals surface area contributed by atoms with Crippen molar-refractivity contribution in [2.75, 3.05) is 6.61 Å². The Labute approximate surface area is 88.0 Å². The minimum absolute atomic E-state index is 0.409. The van der Waals surface area contributed by atoms with E-state index < -0.39 is 0 Å². The van der Waals surface area contributed by atoms with Gasteiger partial charge in [-0.3, -0.25) is 0 Å². The molecule has 14 heavy (non-hydrogen) atoms. The highest BCUT2D eigenvalue weighted by molar-refractivity contribution is 4.63. The summed E-state index contributed by atoms with van der Waals surface area (Å²) < 4.78 is 10.8. The van der Waals surface area contributed by atoms with E-state index >= 15 is 0 Å². The van der Waals surface area contributed by atoms with Crippen LogP contribution in [0.1, 0.15) is 58.3 Å². The van der Waals surface area contributed by atoms with Crippen LogP contribution >= 0.6 is 0 Å². The summed E-state index contributed by atoms with van der Waals surface area (Å²) in [6, 6.07) is 0. The van der Waals surface area contributed by atoms with Crippen molar-refractivity contribution in [1.82, 2.24) is 0 Å². The lowest BCUT2D eigenvalue weighted by Crippen LogP contribution is -2.14. The molecule has 0 aromatic carbocycles. The quantitative estimate of drug-likeness (QED) is 0.629. The minimum Gasteiger partial charge on any atom is -0.348 e. The smallest absolute Gasteiger partial charge is 0.209 e. The molecule has 0 aromatic heterocycles. The van der Waals surface area contributed by atoms with E-state index in [1.807, 2.05) is 0 Å². The van der Waals surface area contributed by atoms with E-state index in [1.54, 1.807) is 6.79 Å². The summed E-state index contributed by atoms with van der Waals surface area (Å²) in [6.45, 7) is 4.42. The molecule has 1 saturated carbocycles. The fourth-order valence-corrected chi connectivity index (χ4v) is 1.84. The molecule has 0 spiro atoms. The van der Waals surface area contributed by atoms with Crippen molar-refractivity contribution in [3.8, 4) is 0 Å². The topological polar surface area (TPSA) is 18.5 Å². The average molecular weight is 199 g/mol. The van der Waals surface area contributed by atoms with E-state index in [0.29, 0.717) is 6.10 Å². The van der Waals surface area contributed by atoms with Crippen molar-refractivity contribution in [2.45, 2.75) is 64.4 Å². The third kappa shape index (κ3) is 5.61. The van der Waals surface area contributed by atoms with Crippen LogP contribution in [0.15, 0.2) is 0 Å². The number of ether oxygens (including phenoxy) is 2. The highest BCUT2D eigenvalue weighted by Gasteiger charge is 2.11. The number of hydrogen-bond donors (Lipinski definition) is 0. The van der Waals surface area contributed by atoms with Crippen LogP contribution in [0.5, 0.6) is 0 Å². The predicted octanol–water partition coefficient (Wildman–Crippen LogP) is 3.66. The normalized spacial score (nSPS) is 20.4. The van der Waals surface area contributed by atoms with Crippen molar-refractivity contribution in [2.24, 2.45) is 0 Å². The molecular weight excluding hydrogens is 176 g/mol. The van der Waals surface area contributed by atoms with Gasteiger partial charge < -0.3 is 9.47 Å². The standard InChI is InChI=1S/C12H23O2/c1-2-10-13-11-14-12-8-6-4-3-5-7-9-12/h11-12H,2-10H2,1H3. The zero-order valence-corrected chi connectivity index (χ0v) is 9.34. The van der Waals surface area contributed by atoms with Crippen molar-refractivity contribution >= 4 is 0 Å². The highest BCUT2D eigenvalue weighted by Crippen LogP contribution is 2.19. The Morgan fingerprint density at radius 2 is 1.71 bits per heavy atom. The molecule has 1 radical (unpaired) electrons. The van der Waals surface area contributed by atoms with E-state index in [0.717, 1.165) is 13.0 Å². The van der Waals surface area contributed by atoms with Gasteiger partial charge in [0.1, 0.15) is 0 Å². The van der Waals surface area contributed by atoms with Crippen LogP contribution < -0.4 is 0 Å². The van der Waals surface area contributed by atoms with Gasteiger partial charge >= 0.3 is 0 Å². The Morgan fingerprint density at radius 1 is 1.07 bits per heavy atom. The molecule has 0 unspecified atom stereocenters. The molecule has 83 valence electrons. The molecule has 0 atom stereocenters. The molecule has 2 nitrogen and oxygen atoms in total. The van der Waals surface area contributed by atoms with Gasteiger partial charge in [0.15, 0.2) is 0 Å². The summed E-state index contributed by atoms with van der Waals surface area (Å²) in [5, 5.41) is 0. The SMILES string of the molecule is CCCO[CH]OC1CCCCCCC1. The number of rotatable bonds is 5. The Kier molecular flexibility index (Phi) is 7.06. The van der Waals surface area contributed by atoms with Gasteiger partial charge in [0.2, 0.25) is 6.79 Å². The molecule has 1 aliphatic carbocycles. The van der Waals surface area contributed by atoms with Crippen molar-refractivity contribution in [3.05, 3.63) is 6.79 Å². The molecule has 0 heterocycles. The molecule has 1 rings (SSSR count). The van der Waals surface area contributed by atoms with Crippen molar-refractivity contribution in [3.63, 3.8) is 0 Å². The molecule has 0 saturated heterocycles. The van der Waals surface area contributed by atoms with E-state index in [-0.39, 0.29) is 0 Å². The second kappa shape index (κ2) is 8.25. The lowest BCUT2D eigenvalue weighted by molar-refractivity contribution is -0.0298. The highest BCUT2D eigenvalue weighted by atomic mass is 16.7. The Bertz CT molecular complexity index is 117. The van der Waals surface area contributed by atoms with E-state index in [4.69, 9.17) is 9.47 Å². The lowest BCUT2D eigenvalue weighted by Gasteiger charge is -2.19. The summed E-state index contributed by atoms with van der Waals surface area (Å²) >= 11 is 0. The van der Waals surface area contributed by atoms with E-state index in [1.165, 1.54) is 44.9 Å². The summed E-state index contributed by atoms with van der Waals surface area (Å²) in [7, 11) is 0. The summed E-state index contributed by atoms with van der Waals surface area (Å²) in [5.41, 5.74) is 0. The van der Waals surface area contributed by atoms with E-state index in [9.17, 15) is 0 Å². The maximum atomic E-state index is 5.57. The fraction of sp³-hybridized carbons (Fsp3) is 0.917. The second-order valence-electron chi connectivity index (χ2n) is 4.07. The van der Waals surface area contributed by atoms with Crippen LogP contribution in [0, 0.1) is 6.79 Å². The van der Waals surface area contributed by atoms with Gasteiger partial charge in [0, 0.05) is 6.61 Å². The monoisotopic (exact) mass is 199 g/mol. The van der Waals surface area contributed by atoms with Crippen molar-refractivity contribution < 1.29 is 9.47 Å². The summed E-state index contributed by atoms with van der Waals surface area (Å²) in [5.74, 6) is 0. The van der Waals surface area contributed by atoms with Crippen LogP contribution in [0.2, 0.25) is 0 Å². The van der Waals surface area contributed by atoms with Crippen LogP contribution in [-0.2, 0) is 9.47 Å². The molecule has 2 heteroatoms. The molecule has 0 aromatic rings. The zero-order chi connectivity index (χ0) is 10.1. The van der Waals surface area contributed by atoms with Crippen LogP contribution in [0.3, 0.4) is 0 Å². The van der Waals surface area contributed by atoms with Gasteiger partial charge in [-0.1, -0.05) is 39.0 Å². The largest absolute Gasteiger partial charge is 0.348 e. The third-order valence-corrected chi connectivity index (χ3v) is 2.69. The first-order valence-electron chi connectivity index (χ1n) is 6.02. The Morgan fingerprint density at radius 3 is 2.36 bits per heavy atom. The minimum atomic E-state index is 0.409. The van der Waals surface area contributed by atoms with Gasteiger partial charge in [-0.15, -0.1) is 0 Å². The average Bonchev–Trinajstić information content (AvgIpc) is 2.15. The fourth-order valence-electron chi connectivity index (χ4n) is 1.84. The van der Waals surface area contributed by atoms with Gasteiger partial charge in [0.05, 0.1) is 6.10 Å². The number of hydrogen-bond acceptors (Lipinski definition) is 2. The van der Waals surface area contributed by atoms with Gasteiger partial charge in [-0.2, -0.15) is 0 Å². The first-order valence-corrected chi connectivity index (χ1v) is 6.02. The predicted molar refractivity (Wildman–Crippen MR) is 57.7 cm³/mol. The third-order valence-electron chi connectivity index (χ3n) is 2.69. The molecule has 0 bridgehead atoms. The zero-order valence-electron chi connectivity index (χ0n) is 9.34. The first-order chi connectivity index (χ1) is 6.93. The van der Waals surface area contributed by atoms with Crippen molar-refractivity contribution in [1.29, 1.82) is 0 Å². The first kappa shape index (κ1) is 12.0. The second-order valence-corrected chi connectivity index (χ2v) is 4.07. The Hall–Kier alpha value is -0.0800. The lowest BCUT2D eigenvalue weighted by atomic mass is 9.99. The molecule has 0 amide bonds. The maximum absolute atomic E-state index is 5.57.